The van der Waals surface area contributed by atoms with Gasteiger partial charge in [-0.05, 0) is 31.9 Å². The molecule has 1 N–H and O–H groups in total. The molecule has 6 nitrogen and oxygen atoms in total. The molecule has 2 amide bonds. The Balaban J connectivity index is 1.70. The van der Waals surface area contributed by atoms with E-state index in [1.54, 1.807) is 36.1 Å². The van der Waals surface area contributed by atoms with Gasteiger partial charge in [-0.3, -0.25) is 14.4 Å². The van der Waals surface area contributed by atoms with Gasteiger partial charge in [0, 0.05) is 24.7 Å². The summed E-state index contributed by atoms with van der Waals surface area (Å²) in [6.45, 7) is 2.98. The number of rotatable bonds is 6. The molecule has 25 heavy (non-hydrogen) atoms. The molecule has 1 fully saturated rings. The van der Waals surface area contributed by atoms with Crippen LogP contribution in [0.2, 0.25) is 0 Å². The quantitative estimate of drug-likeness (QED) is 0.801. The third kappa shape index (κ3) is 6.57. The molecule has 1 aromatic carbocycles. The molecule has 1 atom stereocenters. The predicted octanol–water partition coefficient (Wildman–Crippen LogP) is 2.14. The smallest absolute Gasteiger partial charge is 0.308 e. The standard InChI is InChI=1S/C19H26N2O4/c1-15(20-19(24)16-9-5-4-6-10-16)13-18(23)25-14-17(22)21-11-7-2-3-8-12-21/h4-6,9-10,15H,2-3,7-8,11-14H2,1H3,(H,20,24). The highest BCUT2D eigenvalue weighted by Crippen LogP contribution is 2.10. The molecule has 0 spiro atoms. The van der Waals surface area contributed by atoms with Gasteiger partial charge in [-0.1, -0.05) is 31.0 Å². The molecule has 0 saturated carbocycles. The van der Waals surface area contributed by atoms with Crippen molar-refractivity contribution in [3.05, 3.63) is 35.9 Å². The zero-order valence-electron chi connectivity index (χ0n) is 14.7. The summed E-state index contributed by atoms with van der Waals surface area (Å²) in [4.78, 5) is 37.7. The summed E-state index contributed by atoms with van der Waals surface area (Å²) < 4.78 is 5.07. The molecule has 1 aliphatic rings. The summed E-state index contributed by atoms with van der Waals surface area (Å²) in [5.41, 5.74) is 0.541. The molecule has 0 aliphatic carbocycles. The van der Waals surface area contributed by atoms with Gasteiger partial charge in [0.05, 0.1) is 6.42 Å². The maximum Gasteiger partial charge on any atom is 0.308 e. The second-order valence-electron chi connectivity index (χ2n) is 6.40. The first-order chi connectivity index (χ1) is 12.1. The molecule has 1 aromatic rings. The van der Waals surface area contributed by atoms with Crippen molar-refractivity contribution in [2.24, 2.45) is 0 Å². The van der Waals surface area contributed by atoms with Crippen molar-refractivity contribution in [3.63, 3.8) is 0 Å². The van der Waals surface area contributed by atoms with Gasteiger partial charge in [0.2, 0.25) is 0 Å². The minimum absolute atomic E-state index is 0.0336. The van der Waals surface area contributed by atoms with Gasteiger partial charge in [-0.2, -0.15) is 0 Å². The average Bonchev–Trinajstić information content (AvgIpc) is 2.89. The Morgan fingerprint density at radius 2 is 1.72 bits per heavy atom. The SMILES string of the molecule is CC(CC(=O)OCC(=O)N1CCCCCC1)NC(=O)c1ccccc1. The van der Waals surface area contributed by atoms with Crippen molar-refractivity contribution >= 4 is 17.8 Å². The number of carbonyl (C=O) groups is 3. The minimum atomic E-state index is -0.482. The Morgan fingerprint density at radius 1 is 1.08 bits per heavy atom. The number of nitrogens with zero attached hydrogens (tertiary/aromatic N) is 1. The molecular weight excluding hydrogens is 320 g/mol. The van der Waals surface area contributed by atoms with Crippen LogP contribution in [-0.4, -0.2) is 48.4 Å². The molecule has 1 unspecified atom stereocenters. The molecule has 0 aromatic heterocycles. The Morgan fingerprint density at radius 3 is 2.36 bits per heavy atom. The van der Waals surface area contributed by atoms with Crippen LogP contribution in [0.4, 0.5) is 0 Å². The molecule has 2 rings (SSSR count). The van der Waals surface area contributed by atoms with Crippen molar-refractivity contribution in [1.29, 1.82) is 0 Å². The van der Waals surface area contributed by atoms with E-state index in [9.17, 15) is 14.4 Å². The fraction of sp³-hybridized carbons (Fsp3) is 0.526. The van der Waals surface area contributed by atoms with Crippen LogP contribution in [0, 0.1) is 0 Å². The van der Waals surface area contributed by atoms with Crippen LogP contribution in [-0.2, 0) is 14.3 Å². The van der Waals surface area contributed by atoms with E-state index in [1.165, 1.54) is 0 Å². The normalized spacial score (nSPS) is 15.8. The Bertz CT molecular complexity index is 580. The van der Waals surface area contributed by atoms with Gasteiger partial charge in [-0.15, -0.1) is 0 Å². The monoisotopic (exact) mass is 346 g/mol. The first-order valence-corrected chi connectivity index (χ1v) is 8.85. The Hall–Kier alpha value is -2.37. The number of ether oxygens (including phenoxy) is 1. The highest BCUT2D eigenvalue weighted by atomic mass is 16.5. The van der Waals surface area contributed by atoms with Gasteiger partial charge in [0.1, 0.15) is 0 Å². The summed E-state index contributed by atoms with van der Waals surface area (Å²) in [6.07, 6.45) is 4.32. The summed E-state index contributed by atoms with van der Waals surface area (Å²) in [6, 6.07) is 8.44. The van der Waals surface area contributed by atoms with Crippen molar-refractivity contribution in [2.75, 3.05) is 19.7 Å². The molecule has 1 heterocycles. The molecule has 1 aliphatic heterocycles. The second-order valence-corrected chi connectivity index (χ2v) is 6.40. The van der Waals surface area contributed by atoms with Crippen LogP contribution in [0.15, 0.2) is 30.3 Å². The maximum absolute atomic E-state index is 12.1. The maximum atomic E-state index is 12.1. The molecule has 136 valence electrons. The van der Waals surface area contributed by atoms with Gasteiger partial charge in [-0.25, -0.2) is 0 Å². The predicted molar refractivity (Wildman–Crippen MR) is 94.0 cm³/mol. The van der Waals surface area contributed by atoms with E-state index in [0.29, 0.717) is 5.56 Å². The van der Waals surface area contributed by atoms with E-state index >= 15 is 0 Å². The molecule has 6 heteroatoms. The van der Waals surface area contributed by atoms with E-state index in [-0.39, 0.29) is 30.9 Å². The summed E-state index contributed by atoms with van der Waals surface area (Å²) in [5.74, 6) is -0.859. The van der Waals surface area contributed by atoms with E-state index in [2.05, 4.69) is 5.32 Å². The van der Waals surface area contributed by atoms with Crippen LogP contribution >= 0.6 is 0 Å². The fourth-order valence-electron chi connectivity index (χ4n) is 2.81. The zero-order valence-corrected chi connectivity index (χ0v) is 14.7. The van der Waals surface area contributed by atoms with Crippen LogP contribution in [0.25, 0.3) is 0 Å². The largest absolute Gasteiger partial charge is 0.456 e. The lowest BCUT2D eigenvalue weighted by molar-refractivity contribution is -0.152. The number of amides is 2. The van der Waals surface area contributed by atoms with Crippen LogP contribution in [0.5, 0.6) is 0 Å². The summed E-state index contributed by atoms with van der Waals surface area (Å²) in [7, 11) is 0. The van der Waals surface area contributed by atoms with Crippen LogP contribution in [0.1, 0.15) is 49.4 Å². The summed E-state index contributed by atoms with van der Waals surface area (Å²) in [5, 5.41) is 2.75. The number of carbonyl (C=O) groups excluding carboxylic acids is 3. The number of esters is 1. The highest BCUT2D eigenvalue weighted by Gasteiger charge is 2.19. The van der Waals surface area contributed by atoms with Crippen LogP contribution < -0.4 is 5.32 Å². The zero-order chi connectivity index (χ0) is 18.1. The molecule has 0 bridgehead atoms. The van der Waals surface area contributed by atoms with E-state index in [4.69, 9.17) is 4.74 Å². The first-order valence-electron chi connectivity index (χ1n) is 8.85. The average molecular weight is 346 g/mol. The topological polar surface area (TPSA) is 75.7 Å². The molecule has 0 radical (unpaired) electrons. The van der Waals surface area contributed by atoms with Crippen molar-refractivity contribution in [1.82, 2.24) is 10.2 Å². The molecular formula is C19H26N2O4. The number of likely N-dealkylation sites (tertiary alicyclic amines) is 1. The van der Waals surface area contributed by atoms with Gasteiger partial charge in [0.15, 0.2) is 6.61 Å². The van der Waals surface area contributed by atoms with E-state index in [1.807, 2.05) is 6.07 Å². The lowest BCUT2D eigenvalue weighted by atomic mass is 10.2. The Labute approximate surface area is 148 Å². The van der Waals surface area contributed by atoms with E-state index in [0.717, 1.165) is 38.8 Å². The van der Waals surface area contributed by atoms with E-state index < -0.39 is 5.97 Å². The van der Waals surface area contributed by atoms with Crippen LogP contribution in [0.3, 0.4) is 0 Å². The number of hydrogen-bond acceptors (Lipinski definition) is 4. The van der Waals surface area contributed by atoms with Crippen molar-refractivity contribution in [2.45, 2.75) is 45.1 Å². The van der Waals surface area contributed by atoms with Crippen molar-refractivity contribution < 1.29 is 19.1 Å². The van der Waals surface area contributed by atoms with Crippen molar-refractivity contribution in [3.8, 4) is 0 Å². The minimum Gasteiger partial charge on any atom is -0.456 e. The fourth-order valence-corrected chi connectivity index (χ4v) is 2.81. The number of hydrogen-bond donors (Lipinski definition) is 1. The molecule has 1 saturated heterocycles. The van der Waals surface area contributed by atoms with Gasteiger partial charge < -0.3 is 15.0 Å². The third-order valence-corrected chi connectivity index (χ3v) is 4.20. The second kappa shape index (κ2) is 9.81. The first kappa shape index (κ1) is 19.0. The lowest BCUT2D eigenvalue weighted by Gasteiger charge is -2.20. The van der Waals surface area contributed by atoms with Gasteiger partial charge >= 0.3 is 5.97 Å². The Kier molecular flexibility index (Phi) is 7.44. The third-order valence-electron chi connectivity index (χ3n) is 4.20. The summed E-state index contributed by atoms with van der Waals surface area (Å²) >= 11 is 0. The highest BCUT2D eigenvalue weighted by molar-refractivity contribution is 5.94. The number of benzene rings is 1. The number of nitrogens with one attached hydrogen (secondary N) is 1. The lowest BCUT2D eigenvalue weighted by Crippen LogP contribution is -2.37. The van der Waals surface area contributed by atoms with Gasteiger partial charge in [0.25, 0.3) is 11.8 Å².